The third-order valence-corrected chi connectivity index (χ3v) is 0. The molecule has 0 spiro atoms. The van der Waals surface area contributed by atoms with Crippen molar-refractivity contribution in [1.82, 2.24) is 0 Å². The third-order valence-electron chi connectivity index (χ3n) is 0. The first-order valence-electron chi connectivity index (χ1n) is 2.12. The second-order valence-corrected chi connectivity index (χ2v) is 0. The van der Waals surface area contributed by atoms with Gasteiger partial charge < -0.3 is 22.2 Å². The first kappa shape index (κ1) is 35.4. The maximum absolute atomic E-state index is 3.25. The molecule has 0 saturated heterocycles. The predicted molar refractivity (Wildman–Crippen MR) is 34.2 cm³/mol. The molecule has 0 aliphatic carbocycles. The number of rotatable bonds is 0. The molecule has 0 fully saturated rings. The Kier molecular flexibility index (Phi) is 1460. The van der Waals surface area contributed by atoms with Crippen LogP contribution in [-0.4, -0.2) is 0 Å². The second-order valence-electron chi connectivity index (χ2n) is 0. The summed E-state index contributed by atoms with van der Waals surface area (Å²) in [7, 11) is 0. The van der Waals surface area contributed by atoms with E-state index < -0.39 is 0 Å². The monoisotopic (exact) mass is 150 g/mol. The van der Waals surface area contributed by atoms with Crippen LogP contribution in [0.2, 0.25) is 0 Å². The molecule has 0 bridgehead atoms. The Hall–Kier alpha value is 1.12. The predicted octanol–water partition coefficient (Wildman–Crippen LogP) is -0.365. The molecule has 0 atom stereocenters. The average Bonchev–Trinajstić information content (AvgIpc) is 1.81. The molecule has 0 nitrogen and oxygen atoms in total. The fourth-order valence-corrected chi connectivity index (χ4v) is 0. The van der Waals surface area contributed by atoms with Gasteiger partial charge in [0.05, 0.1) is 0 Å². The van der Waals surface area contributed by atoms with E-state index in [9.17, 15) is 0 Å². The Bertz CT molecular complexity index is 13.0. The summed E-state index contributed by atoms with van der Waals surface area (Å²) < 4.78 is 0. The van der Waals surface area contributed by atoms with Crippen molar-refractivity contribution >= 4 is 0 Å². The second kappa shape index (κ2) is 330. The molecular weight excluding hydrogens is 134 g/mol. The Labute approximate surface area is 79.0 Å². The minimum absolute atomic E-state index is 0. The van der Waals surface area contributed by atoms with Gasteiger partial charge in [0.2, 0.25) is 0 Å². The van der Waals surface area contributed by atoms with E-state index in [4.69, 9.17) is 0 Å². The molecule has 0 amide bonds. The molecule has 0 aliphatic heterocycles. The van der Waals surface area contributed by atoms with E-state index in [-0.39, 0.29) is 37.4 Å². The van der Waals surface area contributed by atoms with Gasteiger partial charge in [-0.05, 0) is 0 Å². The summed E-state index contributed by atoms with van der Waals surface area (Å²) in [5.41, 5.74) is 0. The fraction of sp³-hybridized carbons (Fsp3) is 0.500. The molecule has 0 heterocycles. The van der Waals surface area contributed by atoms with E-state index in [0.717, 1.165) is 0 Å². The Morgan fingerprint density at radius 3 is 0.750 bits per heavy atom. The molecule has 0 saturated carbocycles. The van der Waals surface area contributed by atoms with E-state index in [0.29, 0.717) is 0 Å². The van der Waals surface area contributed by atoms with Gasteiger partial charge in [-0.2, -0.15) is 20.8 Å². The minimum Gasteiger partial charge on any atom is -1.00 e. The average molecular weight is 150 g/mol. The normalized spacial score (nSPS) is 2.25. The van der Waals surface area contributed by atoms with Crippen LogP contribution in [0.3, 0.4) is 0 Å². The molecule has 0 aromatic heterocycles. The van der Waals surface area contributed by atoms with Gasteiger partial charge in [0, 0.05) is 0 Å². The Balaban J connectivity index is -0.00000000321. The number of hydrogen-bond donors (Lipinski definition) is 0. The van der Waals surface area contributed by atoms with Crippen LogP contribution in [0.25, 0.3) is 0 Å². The van der Waals surface area contributed by atoms with Crippen molar-refractivity contribution in [2.45, 2.75) is 20.8 Å². The van der Waals surface area contributed by atoms with Crippen molar-refractivity contribution in [3.05, 3.63) is 20.8 Å². The molecule has 0 radical (unpaired) electrons. The van der Waals surface area contributed by atoms with Gasteiger partial charge in [-0.15, -0.1) is 0 Å². The van der Waals surface area contributed by atoms with Gasteiger partial charge in [0.1, 0.15) is 0 Å². The van der Waals surface area contributed by atoms with E-state index in [1.54, 1.807) is 20.8 Å². The fourth-order valence-electron chi connectivity index (χ4n) is 0. The van der Waals surface area contributed by atoms with Gasteiger partial charge in [-0.1, -0.05) is 0 Å². The number of hydrogen-bond acceptors (Lipinski definition) is 0. The molecule has 0 N–H and O–H groups in total. The zero-order chi connectivity index (χ0) is 6.00. The Morgan fingerprint density at radius 2 is 0.750 bits per heavy atom. The Morgan fingerprint density at radius 1 is 0.750 bits per heavy atom. The SMILES string of the molecule is [CH2-]C.[CH2-]C.[CH2-]C.[H-].[Li+].[Mn+3]. The minimum atomic E-state index is 0. The first-order valence-corrected chi connectivity index (χ1v) is 2.12. The molecule has 0 rings (SSSR count). The summed E-state index contributed by atoms with van der Waals surface area (Å²) in [6.45, 7) is 15.0. The quantitative estimate of drug-likeness (QED) is 0.326. The van der Waals surface area contributed by atoms with Crippen molar-refractivity contribution < 1.29 is 37.4 Å². The molecular formula is C6H16LiMn. The van der Waals surface area contributed by atoms with Crippen molar-refractivity contribution in [3.8, 4) is 0 Å². The standard InChI is InChI=1S/3C2H5.Li.Mn.H/c3*1-2;;;/h3*1H2,2H3;;;/q3*-1;+1;+3;-1. The van der Waals surface area contributed by atoms with Gasteiger partial charge in [-0.25, -0.2) is 0 Å². The maximum Gasteiger partial charge on any atom is 3.00 e. The van der Waals surface area contributed by atoms with Crippen molar-refractivity contribution in [3.63, 3.8) is 0 Å². The summed E-state index contributed by atoms with van der Waals surface area (Å²) in [6, 6.07) is 0. The van der Waals surface area contributed by atoms with Gasteiger partial charge in [-0.3, -0.25) is 0 Å². The van der Waals surface area contributed by atoms with E-state index in [2.05, 4.69) is 20.8 Å². The smallest absolute Gasteiger partial charge is 1.00 e. The van der Waals surface area contributed by atoms with Crippen LogP contribution >= 0.6 is 0 Å². The van der Waals surface area contributed by atoms with E-state index in [1.807, 2.05) is 0 Å². The maximum atomic E-state index is 3.25. The summed E-state index contributed by atoms with van der Waals surface area (Å²) in [4.78, 5) is 0. The summed E-state index contributed by atoms with van der Waals surface area (Å²) in [5, 5.41) is 0. The van der Waals surface area contributed by atoms with E-state index >= 15 is 0 Å². The zero-order valence-corrected chi connectivity index (χ0v) is 7.68. The van der Waals surface area contributed by atoms with Crippen LogP contribution in [0.1, 0.15) is 22.2 Å². The molecule has 0 unspecified atom stereocenters. The third kappa shape index (κ3) is 213. The topological polar surface area (TPSA) is 0 Å². The van der Waals surface area contributed by atoms with Gasteiger partial charge in [0.15, 0.2) is 0 Å². The van der Waals surface area contributed by atoms with Crippen LogP contribution in [0.5, 0.6) is 0 Å². The summed E-state index contributed by atoms with van der Waals surface area (Å²) in [6.07, 6.45) is 0. The van der Waals surface area contributed by atoms with Crippen LogP contribution in [0.15, 0.2) is 0 Å². The molecule has 48 valence electrons. The summed E-state index contributed by atoms with van der Waals surface area (Å²) in [5.74, 6) is 0. The van der Waals surface area contributed by atoms with E-state index in [1.165, 1.54) is 0 Å². The van der Waals surface area contributed by atoms with Gasteiger partial charge in [0.25, 0.3) is 0 Å². The zero-order valence-electron chi connectivity index (χ0n) is 7.50. The van der Waals surface area contributed by atoms with Crippen molar-refractivity contribution in [2.24, 2.45) is 0 Å². The largest absolute Gasteiger partial charge is 3.00 e. The van der Waals surface area contributed by atoms with Crippen molar-refractivity contribution in [1.29, 1.82) is 0 Å². The first-order chi connectivity index (χ1) is 3.00. The molecule has 0 aromatic rings. The van der Waals surface area contributed by atoms with Gasteiger partial charge >= 0.3 is 35.9 Å². The molecule has 2 heteroatoms. The van der Waals surface area contributed by atoms with Crippen LogP contribution < -0.4 is 18.9 Å². The van der Waals surface area contributed by atoms with Crippen LogP contribution in [-0.2, 0) is 17.1 Å². The molecule has 0 aromatic carbocycles. The van der Waals surface area contributed by atoms with Crippen LogP contribution in [0, 0.1) is 20.8 Å². The van der Waals surface area contributed by atoms with Crippen LogP contribution in [0.4, 0.5) is 0 Å². The summed E-state index contributed by atoms with van der Waals surface area (Å²) >= 11 is 0. The molecule has 8 heavy (non-hydrogen) atoms. The molecule has 0 aliphatic rings. The van der Waals surface area contributed by atoms with Crippen molar-refractivity contribution in [2.75, 3.05) is 0 Å².